The van der Waals surface area contributed by atoms with Gasteiger partial charge in [-0.25, -0.2) is 0 Å². The highest BCUT2D eigenvalue weighted by molar-refractivity contribution is 7.12. The Morgan fingerprint density at radius 3 is 2.48 bits per heavy atom. The Kier molecular flexibility index (Phi) is 7.19. The van der Waals surface area contributed by atoms with Crippen molar-refractivity contribution in [3.63, 3.8) is 0 Å². The summed E-state index contributed by atoms with van der Waals surface area (Å²) < 4.78 is 0. The molecule has 1 heterocycles. The minimum Gasteiger partial charge on any atom is -0.375 e. The van der Waals surface area contributed by atoms with Gasteiger partial charge < -0.3 is 10.2 Å². The molecular weight excluding hydrogens is 332 g/mol. The molecule has 0 aliphatic heterocycles. The number of ketones is 1. The maximum Gasteiger partial charge on any atom is 0.220 e. The molecule has 1 aromatic carbocycles. The topological polar surface area (TPSA) is 49.4 Å². The second-order valence-corrected chi connectivity index (χ2v) is 7.67. The van der Waals surface area contributed by atoms with Crippen molar-refractivity contribution < 1.29 is 9.59 Å². The highest BCUT2D eigenvalue weighted by atomic mass is 32.1. The minimum absolute atomic E-state index is 0.0553. The van der Waals surface area contributed by atoms with Crippen LogP contribution in [0.1, 0.15) is 39.4 Å². The third-order valence-electron chi connectivity index (χ3n) is 4.11. The first-order valence-corrected chi connectivity index (χ1v) is 9.42. The summed E-state index contributed by atoms with van der Waals surface area (Å²) in [5, 5.41) is 2.90. The Hall–Kier alpha value is -2.14. The van der Waals surface area contributed by atoms with E-state index in [1.807, 2.05) is 45.2 Å². The van der Waals surface area contributed by atoms with Crippen LogP contribution in [0.5, 0.6) is 0 Å². The van der Waals surface area contributed by atoms with Crippen LogP contribution in [0.2, 0.25) is 0 Å². The van der Waals surface area contributed by atoms with E-state index < -0.39 is 0 Å². The number of nitrogens with one attached hydrogen (secondary N) is 1. The number of anilines is 1. The molecule has 0 unspecified atom stereocenters. The molecule has 2 aromatic rings. The Morgan fingerprint density at radius 2 is 1.84 bits per heavy atom. The molecule has 0 aliphatic rings. The molecule has 1 N–H and O–H groups in total. The van der Waals surface area contributed by atoms with Crippen LogP contribution in [0.15, 0.2) is 36.4 Å². The number of amides is 1. The van der Waals surface area contributed by atoms with Gasteiger partial charge in [0, 0.05) is 54.0 Å². The average molecular weight is 359 g/mol. The SMILES string of the molecule is Cc1cc(C(=O)CCC(=O)NCCCN(C)c2ccccc2)c(C)s1. The highest BCUT2D eigenvalue weighted by Gasteiger charge is 2.13. The van der Waals surface area contributed by atoms with E-state index in [-0.39, 0.29) is 24.5 Å². The number of carbonyl (C=O) groups excluding carboxylic acids is 2. The quantitative estimate of drug-likeness (QED) is 0.545. The molecule has 0 fully saturated rings. The van der Waals surface area contributed by atoms with Gasteiger partial charge in [-0.3, -0.25) is 9.59 Å². The van der Waals surface area contributed by atoms with E-state index in [1.165, 1.54) is 5.69 Å². The van der Waals surface area contributed by atoms with E-state index in [0.717, 1.165) is 28.3 Å². The minimum atomic E-state index is -0.0553. The number of rotatable bonds is 9. The molecule has 0 saturated heterocycles. The lowest BCUT2D eigenvalue weighted by molar-refractivity contribution is -0.121. The van der Waals surface area contributed by atoms with Crippen molar-refractivity contribution in [1.29, 1.82) is 0 Å². The first kappa shape index (κ1) is 19.2. The van der Waals surface area contributed by atoms with Gasteiger partial charge in [0.25, 0.3) is 0 Å². The Morgan fingerprint density at radius 1 is 1.12 bits per heavy atom. The first-order valence-electron chi connectivity index (χ1n) is 8.60. The lowest BCUT2D eigenvalue weighted by Gasteiger charge is -2.19. The summed E-state index contributed by atoms with van der Waals surface area (Å²) in [6.07, 6.45) is 1.39. The molecule has 1 aromatic heterocycles. The van der Waals surface area contributed by atoms with E-state index in [2.05, 4.69) is 22.3 Å². The van der Waals surface area contributed by atoms with E-state index in [1.54, 1.807) is 11.3 Å². The molecule has 0 spiro atoms. The zero-order chi connectivity index (χ0) is 18.2. The molecule has 4 nitrogen and oxygen atoms in total. The van der Waals surface area contributed by atoms with Crippen LogP contribution in [0.25, 0.3) is 0 Å². The van der Waals surface area contributed by atoms with Crippen molar-refractivity contribution in [2.75, 3.05) is 25.0 Å². The molecule has 0 saturated carbocycles. The fourth-order valence-corrected chi connectivity index (χ4v) is 3.66. The molecule has 1 amide bonds. The standard InChI is InChI=1S/C20H26N2O2S/c1-15-14-18(16(2)25-15)19(23)10-11-20(24)21-12-7-13-22(3)17-8-5-4-6-9-17/h4-6,8-9,14H,7,10-13H2,1-3H3,(H,21,24). The third-order valence-corrected chi connectivity index (χ3v) is 5.08. The molecule has 25 heavy (non-hydrogen) atoms. The largest absolute Gasteiger partial charge is 0.375 e. The van der Waals surface area contributed by atoms with Crippen LogP contribution in [-0.2, 0) is 4.79 Å². The smallest absolute Gasteiger partial charge is 0.220 e. The number of para-hydroxylation sites is 1. The van der Waals surface area contributed by atoms with E-state index in [9.17, 15) is 9.59 Å². The molecular formula is C20H26N2O2S. The number of thiophene rings is 1. The van der Waals surface area contributed by atoms with Gasteiger partial charge >= 0.3 is 0 Å². The summed E-state index contributed by atoms with van der Waals surface area (Å²) in [6.45, 7) is 5.44. The van der Waals surface area contributed by atoms with E-state index in [0.29, 0.717) is 6.54 Å². The number of benzene rings is 1. The predicted molar refractivity (Wildman–Crippen MR) is 105 cm³/mol. The lowest BCUT2D eigenvalue weighted by Crippen LogP contribution is -2.28. The van der Waals surface area contributed by atoms with Gasteiger partial charge in [-0.15, -0.1) is 11.3 Å². The van der Waals surface area contributed by atoms with Crippen LogP contribution in [0.4, 0.5) is 5.69 Å². The van der Waals surface area contributed by atoms with Crippen LogP contribution < -0.4 is 10.2 Å². The number of nitrogens with zero attached hydrogens (tertiary/aromatic N) is 1. The van der Waals surface area contributed by atoms with Crippen molar-refractivity contribution in [2.24, 2.45) is 0 Å². The monoisotopic (exact) mass is 358 g/mol. The van der Waals surface area contributed by atoms with E-state index >= 15 is 0 Å². The fourth-order valence-electron chi connectivity index (χ4n) is 2.71. The summed E-state index contributed by atoms with van der Waals surface area (Å²) in [6, 6.07) is 12.1. The lowest BCUT2D eigenvalue weighted by atomic mass is 10.1. The highest BCUT2D eigenvalue weighted by Crippen LogP contribution is 2.22. The average Bonchev–Trinajstić information content (AvgIpc) is 2.95. The van der Waals surface area contributed by atoms with Crippen molar-refractivity contribution >= 4 is 28.7 Å². The van der Waals surface area contributed by atoms with Gasteiger partial charge in [0.2, 0.25) is 5.91 Å². The van der Waals surface area contributed by atoms with Gasteiger partial charge in [0.05, 0.1) is 0 Å². The van der Waals surface area contributed by atoms with Gasteiger partial charge in [-0.2, -0.15) is 0 Å². The second kappa shape index (κ2) is 9.37. The fraction of sp³-hybridized carbons (Fsp3) is 0.400. The van der Waals surface area contributed by atoms with Crippen LogP contribution in [-0.4, -0.2) is 31.8 Å². The second-order valence-electron chi connectivity index (χ2n) is 6.21. The predicted octanol–water partition coefficient (Wildman–Crippen LogP) is 3.97. The van der Waals surface area contributed by atoms with Crippen LogP contribution >= 0.6 is 11.3 Å². The Bertz CT molecular complexity index is 710. The molecule has 0 aliphatic carbocycles. The molecule has 0 radical (unpaired) electrons. The summed E-state index contributed by atoms with van der Waals surface area (Å²) in [4.78, 5) is 28.4. The zero-order valence-electron chi connectivity index (χ0n) is 15.2. The van der Waals surface area contributed by atoms with Crippen molar-refractivity contribution in [2.45, 2.75) is 33.1 Å². The first-order chi connectivity index (χ1) is 12.0. The molecule has 0 bridgehead atoms. The van der Waals surface area contributed by atoms with Gasteiger partial charge in [-0.1, -0.05) is 18.2 Å². The summed E-state index contributed by atoms with van der Waals surface area (Å²) in [7, 11) is 2.04. The Balaban J connectivity index is 1.64. The van der Waals surface area contributed by atoms with Gasteiger partial charge in [-0.05, 0) is 38.5 Å². The number of hydrogen-bond donors (Lipinski definition) is 1. The maximum absolute atomic E-state index is 12.2. The summed E-state index contributed by atoms with van der Waals surface area (Å²) >= 11 is 1.62. The van der Waals surface area contributed by atoms with Crippen molar-refractivity contribution in [3.8, 4) is 0 Å². The number of hydrogen-bond acceptors (Lipinski definition) is 4. The van der Waals surface area contributed by atoms with Crippen LogP contribution in [0, 0.1) is 13.8 Å². The third kappa shape index (κ3) is 6.02. The Labute approximate surface area is 153 Å². The summed E-state index contributed by atoms with van der Waals surface area (Å²) in [5.74, 6) is 0.00105. The van der Waals surface area contributed by atoms with Crippen molar-refractivity contribution in [3.05, 3.63) is 51.7 Å². The normalized spacial score (nSPS) is 10.5. The van der Waals surface area contributed by atoms with Gasteiger partial charge in [0.1, 0.15) is 0 Å². The number of aryl methyl sites for hydroxylation is 2. The zero-order valence-corrected chi connectivity index (χ0v) is 16.0. The maximum atomic E-state index is 12.2. The molecule has 0 atom stereocenters. The van der Waals surface area contributed by atoms with Crippen molar-refractivity contribution in [1.82, 2.24) is 5.32 Å². The summed E-state index contributed by atoms with van der Waals surface area (Å²) in [5.41, 5.74) is 1.93. The van der Waals surface area contributed by atoms with E-state index in [4.69, 9.17) is 0 Å². The molecule has 5 heteroatoms. The molecule has 2 rings (SSSR count). The van der Waals surface area contributed by atoms with Crippen LogP contribution in [0.3, 0.4) is 0 Å². The number of Topliss-reactive ketones (excluding diaryl/α,β-unsaturated/α-hetero) is 1. The van der Waals surface area contributed by atoms with Gasteiger partial charge in [0.15, 0.2) is 5.78 Å². The molecule has 134 valence electrons. The number of carbonyl (C=O) groups is 2.